The molecule has 1 fully saturated rings. The van der Waals surface area contributed by atoms with Gasteiger partial charge in [-0.3, -0.25) is 9.39 Å². The van der Waals surface area contributed by atoms with E-state index >= 15 is 0 Å². The summed E-state index contributed by atoms with van der Waals surface area (Å²) in [7, 11) is 0. The van der Waals surface area contributed by atoms with Crippen LogP contribution < -0.4 is 10.6 Å². The summed E-state index contributed by atoms with van der Waals surface area (Å²) in [6.07, 6.45) is 4.94. The van der Waals surface area contributed by atoms with E-state index in [4.69, 9.17) is 9.47 Å². The minimum Gasteiger partial charge on any atom is -0.379 e. The van der Waals surface area contributed by atoms with Crippen LogP contribution in [0.1, 0.15) is 25.6 Å². The fourth-order valence-electron chi connectivity index (χ4n) is 2.85. The van der Waals surface area contributed by atoms with E-state index in [0.29, 0.717) is 0 Å². The molecule has 150 valence electrons. The van der Waals surface area contributed by atoms with Crippen molar-refractivity contribution >= 4 is 35.6 Å². The van der Waals surface area contributed by atoms with Gasteiger partial charge in [-0.2, -0.15) is 0 Å². The summed E-state index contributed by atoms with van der Waals surface area (Å²) >= 11 is 0. The average Bonchev–Trinajstić information content (AvgIpc) is 3.31. The predicted molar refractivity (Wildman–Crippen MR) is 116 cm³/mol. The van der Waals surface area contributed by atoms with E-state index < -0.39 is 0 Å². The van der Waals surface area contributed by atoms with Gasteiger partial charge in [0.05, 0.1) is 12.7 Å². The van der Waals surface area contributed by atoms with Gasteiger partial charge in [0.15, 0.2) is 11.6 Å². The van der Waals surface area contributed by atoms with Crippen molar-refractivity contribution in [3.63, 3.8) is 0 Å². The van der Waals surface area contributed by atoms with Gasteiger partial charge < -0.3 is 20.1 Å². The van der Waals surface area contributed by atoms with Crippen molar-refractivity contribution in [2.24, 2.45) is 4.99 Å². The lowest BCUT2D eigenvalue weighted by molar-refractivity contribution is 0.0424. The zero-order valence-electron chi connectivity index (χ0n) is 15.8. The van der Waals surface area contributed by atoms with Crippen molar-refractivity contribution in [3.8, 4) is 0 Å². The minimum absolute atomic E-state index is 0. The van der Waals surface area contributed by atoms with Gasteiger partial charge in [-0.1, -0.05) is 6.07 Å². The maximum absolute atomic E-state index is 5.76. The van der Waals surface area contributed by atoms with Crippen LogP contribution in [-0.4, -0.2) is 66.1 Å². The summed E-state index contributed by atoms with van der Waals surface area (Å²) < 4.78 is 13.1. The molecule has 3 rings (SSSR count). The molecule has 3 heterocycles. The highest BCUT2D eigenvalue weighted by molar-refractivity contribution is 14.0. The highest BCUT2D eigenvalue weighted by Crippen LogP contribution is 2.08. The number of aliphatic imine (C=N–C) groups is 1. The fourth-order valence-corrected chi connectivity index (χ4v) is 2.85. The molecule has 0 spiro atoms. The van der Waals surface area contributed by atoms with Crippen LogP contribution in [0.25, 0.3) is 5.65 Å². The van der Waals surface area contributed by atoms with Crippen LogP contribution in [0.3, 0.4) is 0 Å². The van der Waals surface area contributed by atoms with Gasteiger partial charge in [-0.25, -0.2) is 0 Å². The van der Waals surface area contributed by atoms with Crippen molar-refractivity contribution < 1.29 is 9.47 Å². The number of pyridine rings is 1. The van der Waals surface area contributed by atoms with E-state index in [1.807, 2.05) is 28.8 Å². The highest BCUT2D eigenvalue weighted by Gasteiger charge is 2.15. The molecule has 0 saturated carbocycles. The molecule has 1 aliphatic rings. The molecule has 1 aliphatic heterocycles. The lowest BCUT2D eigenvalue weighted by atomic mass is 10.3. The number of aromatic nitrogens is 3. The first kappa shape index (κ1) is 21.8. The van der Waals surface area contributed by atoms with E-state index in [0.717, 1.165) is 76.1 Å². The van der Waals surface area contributed by atoms with E-state index in [1.54, 1.807) is 0 Å². The van der Waals surface area contributed by atoms with E-state index in [1.165, 1.54) is 0 Å². The maximum Gasteiger partial charge on any atom is 0.191 e. The Balaban J connectivity index is 0.00000261. The highest BCUT2D eigenvalue weighted by atomic mass is 127. The standard InChI is InChI=1S/C18H28N6O2.HI/c1-2-19-18(20-9-5-12-26-15-8-13-25-14-15)21-10-7-17-23-22-16-6-3-4-11-24(16)17;/h3-4,6,11,15H,2,5,7-10,12-14H2,1H3,(H2,19,20,21);1H. The van der Waals surface area contributed by atoms with Gasteiger partial charge >= 0.3 is 0 Å². The van der Waals surface area contributed by atoms with Crippen molar-refractivity contribution in [1.82, 2.24) is 25.2 Å². The molecule has 0 aromatic carbocycles. The summed E-state index contributed by atoms with van der Waals surface area (Å²) in [5, 5.41) is 15.0. The molecule has 27 heavy (non-hydrogen) atoms. The number of rotatable bonds is 9. The number of guanidine groups is 1. The predicted octanol–water partition coefficient (Wildman–Crippen LogP) is 1.64. The van der Waals surface area contributed by atoms with Crippen molar-refractivity contribution in [2.45, 2.75) is 32.3 Å². The monoisotopic (exact) mass is 488 g/mol. The van der Waals surface area contributed by atoms with Crippen LogP contribution in [0.2, 0.25) is 0 Å². The first-order valence-electron chi connectivity index (χ1n) is 9.37. The number of ether oxygens (including phenoxy) is 2. The molecular formula is C18H29IN6O2. The summed E-state index contributed by atoms with van der Waals surface area (Å²) in [4.78, 5) is 4.60. The molecule has 0 bridgehead atoms. The van der Waals surface area contributed by atoms with Crippen molar-refractivity contribution in [3.05, 3.63) is 30.2 Å². The van der Waals surface area contributed by atoms with Gasteiger partial charge in [0, 0.05) is 45.5 Å². The van der Waals surface area contributed by atoms with Crippen molar-refractivity contribution in [1.29, 1.82) is 0 Å². The number of hydrogen-bond acceptors (Lipinski definition) is 5. The van der Waals surface area contributed by atoms with E-state index in [-0.39, 0.29) is 30.1 Å². The first-order chi connectivity index (χ1) is 12.9. The van der Waals surface area contributed by atoms with Gasteiger partial charge in [-0.15, -0.1) is 34.2 Å². The lowest BCUT2D eigenvalue weighted by Crippen LogP contribution is -2.38. The maximum atomic E-state index is 5.76. The second kappa shape index (κ2) is 12.1. The largest absolute Gasteiger partial charge is 0.379 e. The Hall–Kier alpha value is -1.46. The molecule has 1 unspecified atom stereocenters. The summed E-state index contributed by atoms with van der Waals surface area (Å²) in [5.41, 5.74) is 0.871. The Morgan fingerprint density at radius 3 is 3.11 bits per heavy atom. The second-order valence-corrected chi connectivity index (χ2v) is 6.19. The topological polar surface area (TPSA) is 85.1 Å². The smallest absolute Gasteiger partial charge is 0.191 e. The summed E-state index contributed by atoms with van der Waals surface area (Å²) in [5.74, 6) is 1.77. The zero-order valence-corrected chi connectivity index (χ0v) is 18.1. The first-order valence-corrected chi connectivity index (χ1v) is 9.37. The number of hydrogen-bond donors (Lipinski definition) is 2. The Kier molecular flexibility index (Phi) is 9.78. The summed E-state index contributed by atoms with van der Waals surface area (Å²) in [6.45, 7) is 6.64. The van der Waals surface area contributed by atoms with E-state index in [9.17, 15) is 0 Å². The molecule has 1 atom stereocenters. The van der Waals surface area contributed by atoms with Crippen LogP contribution in [-0.2, 0) is 15.9 Å². The third-order valence-corrected chi connectivity index (χ3v) is 4.18. The third-order valence-electron chi connectivity index (χ3n) is 4.18. The number of halogens is 1. The minimum atomic E-state index is 0. The molecule has 8 nitrogen and oxygen atoms in total. The Labute approximate surface area is 177 Å². The molecule has 2 aromatic rings. The van der Waals surface area contributed by atoms with Gasteiger partial charge in [-0.05, 0) is 31.9 Å². The van der Waals surface area contributed by atoms with Gasteiger partial charge in [0.2, 0.25) is 0 Å². The van der Waals surface area contributed by atoms with Crippen LogP contribution in [0.5, 0.6) is 0 Å². The molecular weight excluding hydrogens is 459 g/mol. The van der Waals surface area contributed by atoms with Gasteiger partial charge in [0.1, 0.15) is 5.82 Å². The van der Waals surface area contributed by atoms with Crippen LogP contribution in [0, 0.1) is 0 Å². The Bertz CT molecular complexity index is 702. The van der Waals surface area contributed by atoms with Crippen molar-refractivity contribution in [2.75, 3.05) is 39.5 Å². The SMILES string of the molecule is CCNC(=NCCCOC1CCOC1)NCCc1nnc2ccccn12.I. The van der Waals surface area contributed by atoms with Crippen LogP contribution >= 0.6 is 24.0 Å². The number of nitrogens with zero attached hydrogens (tertiary/aromatic N) is 4. The molecule has 9 heteroatoms. The second-order valence-electron chi connectivity index (χ2n) is 6.19. The molecule has 0 aliphatic carbocycles. The van der Waals surface area contributed by atoms with Gasteiger partial charge in [0.25, 0.3) is 0 Å². The zero-order chi connectivity index (χ0) is 18.0. The number of fused-ring (bicyclic) bond motifs is 1. The van der Waals surface area contributed by atoms with E-state index in [2.05, 4.69) is 32.7 Å². The Morgan fingerprint density at radius 2 is 2.30 bits per heavy atom. The lowest BCUT2D eigenvalue weighted by Gasteiger charge is -2.11. The average molecular weight is 488 g/mol. The molecule has 2 aromatic heterocycles. The molecule has 2 N–H and O–H groups in total. The quantitative estimate of drug-likeness (QED) is 0.242. The summed E-state index contributed by atoms with van der Waals surface area (Å²) in [6, 6.07) is 5.90. The molecule has 0 radical (unpaired) electrons. The molecule has 0 amide bonds. The Morgan fingerprint density at radius 1 is 1.37 bits per heavy atom. The fraction of sp³-hybridized carbons (Fsp3) is 0.611. The molecule has 1 saturated heterocycles. The van der Waals surface area contributed by atoms with Crippen LogP contribution in [0.15, 0.2) is 29.4 Å². The normalized spacial score (nSPS) is 17.1. The number of nitrogens with one attached hydrogen (secondary N) is 2. The van der Waals surface area contributed by atoms with Crippen LogP contribution in [0.4, 0.5) is 0 Å². The third kappa shape index (κ3) is 6.89.